The van der Waals surface area contributed by atoms with Crippen molar-refractivity contribution in [2.24, 2.45) is 11.1 Å². The summed E-state index contributed by atoms with van der Waals surface area (Å²) in [5.74, 6) is 0.878. The van der Waals surface area contributed by atoms with Gasteiger partial charge in [-0.05, 0) is 78.6 Å². The van der Waals surface area contributed by atoms with Crippen LogP contribution < -0.4 is 14.6 Å². The Balaban J connectivity index is 1.37. The number of methoxy groups -OCH3 is 1. The molecule has 0 spiro atoms. The number of amides is 2. The summed E-state index contributed by atoms with van der Waals surface area (Å²) in [6.45, 7) is 7.48. The number of benzene rings is 2. The summed E-state index contributed by atoms with van der Waals surface area (Å²) in [7, 11) is -2.58. The highest BCUT2D eigenvalue weighted by Gasteiger charge is 2.46. The van der Waals surface area contributed by atoms with Crippen molar-refractivity contribution in [2.45, 2.75) is 76.9 Å². The quantitative estimate of drug-likeness (QED) is 0.386. The fourth-order valence-corrected chi connectivity index (χ4v) is 8.75. The van der Waals surface area contributed by atoms with Gasteiger partial charge < -0.3 is 14.2 Å². The van der Waals surface area contributed by atoms with E-state index in [-0.39, 0.29) is 17.5 Å². The van der Waals surface area contributed by atoms with Crippen LogP contribution >= 0.6 is 0 Å². The molecule has 2 atom stereocenters. The van der Waals surface area contributed by atoms with Gasteiger partial charge in [-0.3, -0.25) is 14.5 Å². The molecule has 1 aromatic heterocycles. The highest BCUT2D eigenvalue weighted by molar-refractivity contribution is 7.87. The SMILES string of the molecule is COc1ccc2c(c1)C=C(C(=O)N1C[C@H]3C[C@@H]1CN3CC(C)C)Cn1c-2c(C2CCCCC2)c2ccc(C(=O)NS(N)(=O)=O)cc21. The van der Waals surface area contributed by atoms with Crippen molar-refractivity contribution >= 4 is 39.0 Å². The summed E-state index contributed by atoms with van der Waals surface area (Å²) in [5.41, 5.74) is 5.89. The fraction of sp³-hybridized carbons (Fsp3) is 0.486. The standard InChI is InChI=1S/C35H43N5O5S/c1-21(2)17-38-19-27-16-26(38)20-39(27)35(42)25-13-24-14-28(45-3)10-12-29(24)33-32(22-7-5-4-6-8-22)30-11-9-23(15-31(30)40(33)18-25)34(41)37-46(36,43)44/h9-15,21-22,26-27H,4-8,16-20H2,1-3H3,(H,37,41)(H2,36,43,44)/t26-,27-/m1/s1. The molecule has 2 saturated heterocycles. The van der Waals surface area contributed by atoms with Crippen LogP contribution in [-0.4, -0.2) is 73.4 Å². The van der Waals surface area contributed by atoms with Gasteiger partial charge in [0, 0.05) is 59.3 Å². The van der Waals surface area contributed by atoms with E-state index in [0.717, 1.165) is 85.2 Å². The molecule has 3 N–H and O–H groups in total. The van der Waals surface area contributed by atoms with Gasteiger partial charge in [0.15, 0.2) is 0 Å². The predicted molar refractivity (Wildman–Crippen MR) is 179 cm³/mol. The van der Waals surface area contributed by atoms with Crippen molar-refractivity contribution in [3.63, 3.8) is 0 Å². The zero-order chi connectivity index (χ0) is 32.3. The van der Waals surface area contributed by atoms with Crippen LogP contribution in [0.4, 0.5) is 0 Å². The minimum absolute atomic E-state index is 0.0440. The van der Waals surface area contributed by atoms with Gasteiger partial charge in [-0.15, -0.1) is 0 Å². The van der Waals surface area contributed by atoms with E-state index in [2.05, 4.69) is 34.3 Å². The van der Waals surface area contributed by atoms with Gasteiger partial charge in [-0.1, -0.05) is 39.2 Å². The molecule has 10 nitrogen and oxygen atoms in total. The molecule has 46 heavy (non-hydrogen) atoms. The molecule has 3 fully saturated rings. The molecule has 0 radical (unpaired) electrons. The number of hydrogen-bond donors (Lipinski definition) is 2. The van der Waals surface area contributed by atoms with E-state index in [1.807, 2.05) is 29.0 Å². The molecule has 4 aliphatic rings. The second kappa shape index (κ2) is 11.8. The Hall–Kier alpha value is -3.67. The highest BCUT2D eigenvalue weighted by Crippen LogP contribution is 2.47. The lowest BCUT2D eigenvalue weighted by atomic mass is 9.81. The Kier molecular flexibility index (Phi) is 7.97. The minimum atomic E-state index is -4.23. The van der Waals surface area contributed by atoms with Crippen LogP contribution in [0, 0.1) is 5.92 Å². The number of ether oxygens (including phenoxy) is 1. The summed E-state index contributed by atoms with van der Waals surface area (Å²) in [6.07, 6.45) is 8.66. The molecule has 3 aliphatic heterocycles. The number of nitrogens with zero attached hydrogens (tertiary/aromatic N) is 3. The molecule has 2 aromatic carbocycles. The van der Waals surface area contributed by atoms with Crippen LogP contribution in [0.15, 0.2) is 42.0 Å². The predicted octanol–water partition coefficient (Wildman–Crippen LogP) is 4.64. The van der Waals surface area contributed by atoms with Crippen molar-refractivity contribution in [2.75, 3.05) is 26.7 Å². The van der Waals surface area contributed by atoms with Crippen LogP contribution in [0.2, 0.25) is 0 Å². The lowest BCUT2D eigenvalue weighted by Gasteiger charge is -2.35. The third-order valence-corrected chi connectivity index (χ3v) is 10.7. The van der Waals surface area contributed by atoms with Gasteiger partial charge >= 0.3 is 0 Å². The van der Waals surface area contributed by atoms with Gasteiger partial charge in [0.1, 0.15) is 5.75 Å². The van der Waals surface area contributed by atoms with Crippen LogP contribution in [0.5, 0.6) is 5.75 Å². The van der Waals surface area contributed by atoms with Gasteiger partial charge in [0.05, 0.1) is 19.3 Å². The zero-order valence-corrected chi connectivity index (χ0v) is 27.6. The van der Waals surface area contributed by atoms with E-state index in [4.69, 9.17) is 9.88 Å². The van der Waals surface area contributed by atoms with Crippen LogP contribution in [0.1, 0.15) is 79.8 Å². The number of nitrogens with one attached hydrogen (secondary N) is 1. The van der Waals surface area contributed by atoms with E-state index in [1.165, 1.54) is 12.0 Å². The number of fused-ring (bicyclic) bond motifs is 7. The molecule has 244 valence electrons. The third-order valence-electron chi connectivity index (χ3n) is 10.3. The maximum absolute atomic E-state index is 14.5. The lowest BCUT2D eigenvalue weighted by Crippen LogP contribution is -2.50. The van der Waals surface area contributed by atoms with Crippen molar-refractivity contribution in [1.82, 2.24) is 19.1 Å². The first-order chi connectivity index (χ1) is 22.0. The molecule has 4 heterocycles. The molecule has 3 aromatic rings. The summed E-state index contributed by atoms with van der Waals surface area (Å²) in [6, 6.07) is 11.9. The smallest absolute Gasteiger partial charge is 0.298 e. The largest absolute Gasteiger partial charge is 0.497 e. The number of carbonyl (C=O) groups excluding carboxylic acids is 2. The maximum Gasteiger partial charge on any atom is 0.298 e. The van der Waals surface area contributed by atoms with Crippen molar-refractivity contribution in [3.8, 4) is 17.0 Å². The Bertz CT molecular complexity index is 1860. The second-order valence-electron chi connectivity index (χ2n) is 13.9. The van der Waals surface area contributed by atoms with E-state index in [0.29, 0.717) is 30.0 Å². The van der Waals surface area contributed by atoms with Crippen molar-refractivity contribution in [1.29, 1.82) is 0 Å². The molecule has 2 amide bonds. The molecule has 1 saturated carbocycles. The number of hydrogen-bond acceptors (Lipinski definition) is 6. The number of nitrogens with two attached hydrogens (primary N) is 1. The molecule has 11 heteroatoms. The first-order valence-electron chi connectivity index (χ1n) is 16.5. The molecular formula is C35H43N5O5S. The molecule has 0 unspecified atom stereocenters. The summed E-state index contributed by atoms with van der Waals surface area (Å²) in [5, 5.41) is 6.16. The minimum Gasteiger partial charge on any atom is -0.497 e. The van der Waals surface area contributed by atoms with Crippen LogP contribution in [0.3, 0.4) is 0 Å². The van der Waals surface area contributed by atoms with Crippen LogP contribution in [0.25, 0.3) is 28.2 Å². The number of aromatic nitrogens is 1. The van der Waals surface area contributed by atoms with E-state index in [9.17, 15) is 18.0 Å². The normalized spacial score (nSPS) is 21.7. The van der Waals surface area contributed by atoms with Gasteiger partial charge in [-0.2, -0.15) is 8.42 Å². The summed E-state index contributed by atoms with van der Waals surface area (Å²) < 4.78 is 33.1. The summed E-state index contributed by atoms with van der Waals surface area (Å²) in [4.78, 5) is 32.0. The van der Waals surface area contributed by atoms with E-state index < -0.39 is 16.1 Å². The number of rotatable bonds is 7. The number of carbonyl (C=O) groups is 2. The first-order valence-corrected chi connectivity index (χ1v) is 18.0. The monoisotopic (exact) mass is 645 g/mol. The van der Waals surface area contributed by atoms with E-state index in [1.54, 1.807) is 19.2 Å². The molecule has 1 aliphatic carbocycles. The average molecular weight is 646 g/mol. The van der Waals surface area contributed by atoms with Crippen molar-refractivity contribution < 1.29 is 22.7 Å². The number of likely N-dealkylation sites (tertiary alicyclic amines) is 2. The lowest BCUT2D eigenvalue weighted by molar-refractivity contribution is -0.129. The Labute approximate surface area is 270 Å². The topological polar surface area (TPSA) is 127 Å². The van der Waals surface area contributed by atoms with Gasteiger partial charge in [-0.25, -0.2) is 9.86 Å². The highest BCUT2D eigenvalue weighted by atomic mass is 32.2. The van der Waals surface area contributed by atoms with Gasteiger partial charge in [0.25, 0.3) is 22.0 Å². The second-order valence-corrected chi connectivity index (χ2v) is 15.2. The van der Waals surface area contributed by atoms with Crippen LogP contribution in [-0.2, 0) is 21.5 Å². The fourth-order valence-electron chi connectivity index (χ4n) is 8.38. The Morgan fingerprint density at radius 3 is 2.50 bits per heavy atom. The summed E-state index contributed by atoms with van der Waals surface area (Å²) >= 11 is 0. The van der Waals surface area contributed by atoms with E-state index >= 15 is 0 Å². The average Bonchev–Trinajstić information content (AvgIpc) is 3.67. The molecule has 7 rings (SSSR count). The Morgan fingerprint density at radius 2 is 1.83 bits per heavy atom. The molecular weight excluding hydrogens is 602 g/mol. The Morgan fingerprint density at radius 1 is 1.04 bits per heavy atom. The zero-order valence-electron chi connectivity index (χ0n) is 26.8. The third kappa shape index (κ3) is 5.62. The number of piperazine rings is 1. The molecule has 2 bridgehead atoms. The van der Waals surface area contributed by atoms with Crippen molar-refractivity contribution in [3.05, 3.63) is 58.7 Å². The maximum atomic E-state index is 14.5. The first kappa shape index (κ1) is 31.0. The van der Waals surface area contributed by atoms with Gasteiger partial charge in [0.2, 0.25) is 0 Å².